The van der Waals surface area contributed by atoms with Crippen molar-refractivity contribution in [3.05, 3.63) is 32.3 Å². The second kappa shape index (κ2) is 4.91. The van der Waals surface area contributed by atoms with Gasteiger partial charge in [0.25, 0.3) is 5.69 Å². The van der Waals surface area contributed by atoms with Gasteiger partial charge < -0.3 is 10.4 Å². The van der Waals surface area contributed by atoms with Gasteiger partial charge in [-0.2, -0.15) is 0 Å². The number of nitrogens with zero attached hydrogens (tertiary/aromatic N) is 1. The Morgan fingerprint density at radius 3 is 2.47 bits per heavy atom. The number of nitro groups is 1. The van der Waals surface area contributed by atoms with Crippen LogP contribution in [0.3, 0.4) is 0 Å². The number of nitro benzene ring substituents is 1. The normalized spacial score (nSPS) is 9.76. The fraction of sp³-hybridized carbons (Fsp3) is 0.111. The van der Waals surface area contributed by atoms with E-state index >= 15 is 0 Å². The fourth-order valence-electron chi connectivity index (χ4n) is 1.22. The molecule has 90 valence electrons. The van der Waals surface area contributed by atoms with Gasteiger partial charge in [-0.05, 0) is 28.1 Å². The molecule has 1 amide bonds. The maximum Gasteiger partial charge on any atom is 0.342 e. The topological polar surface area (TPSA) is 110 Å². The van der Waals surface area contributed by atoms with Gasteiger partial charge in [0, 0.05) is 12.6 Å². The molecule has 2 N–H and O–H groups in total. The van der Waals surface area contributed by atoms with E-state index in [4.69, 9.17) is 5.11 Å². The molecule has 0 aliphatic rings. The lowest BCUT2D eigenvalue weighted by atomic mass is 10.1. The van der Waals surface area contributed by atoms with Gasteiger partial charge >= 0.3 is 5.97 Å². The number of carbonyl (C=O) groups excluding carboxylic acids is 1. The summed E-state index contributed by atoms with van der Waals surface area (Å²) in [5, 5.41) is 21.9. The molecule has 0 radical (unpaired) electrons. The van der Waals surface area contributed by atoms with Gasteiger partial charge in [0.15, 0.2) is 0 Å². The van der Waals surface area contributed by atoms with Crippen molar-refractivity contribution in [2.45, 2.75) is 6.92 Å². The number of nitrogens with one attached hydrogen (secondary N) is 1. The second-order valence-corrected chi connectivity index (χ2v) is 3.95. The number of rotatable bonds is 3. The van der Waals surface area contributed by atoms with Gasteiger partial charge in [-0.15, -0.1) is 0 Å². The summed E-state index contributed by atoms with van der Waals surface area (Å²) in [5.74, 6) is -1.84. The minimum absolute atomic E-state index is 0.00819. The van der Waals surface area contributed by atoms with Crippen molar-refractivity contribution in [3.63, 3.8) is 0 Å². The maximum absolute atomic E-state index is 10.9. The van der Waals surface area contributed by atoms with E-state index in [1.165, 1.54) is 13.0 Å². The molecule has 0 aromatic heterocycles. The smallest absolute Gasteiger partial charge is 0.342 e. The number of aromatic carboxylic acids is 1. The minimum Gasteiger partial charge on any atom is -0.477 e. The molecule has 0 aliphatic carbocycles. The van der Waals surface area contributed by atoms with Crippen LogP contribution in [-0.4, -0.2) is 21.9 Å². The number of hydrogen-bond donors (Lipinski definition) is 2. The molecule has 0 bridgehead atoms. The Bertz CT molecular complexity index is 514. The number of benzene rings is 1. The van der Waals surface area contributed by atoms with Crippen molar-refractivity contribution in [2.75, 3.05) is 5.32 Å². The van der Waals surface area contributed by atoms with Crippen LogP contribution in [0.4, 0.5) is 11.4 Å². The first-order valence-electron chi connectivity index (χ1n) is 4.31. The zero-order valence-corrected chi connectivity index (χ0v) is 10.1. The van der Waals surface area contributed by atoms with Gasteiger partial charge in [-0.25, -0.2) is 4.79 Å². The molecule has 1 rings (SSSR count). The molecule has 1 aromatic rings. The lowest BCUT2D eigenvalue weighted by molar-refractivity contribution is -0.386. The molecule has 0 fully saturated rings. The fourth-order valence-corrected chi connectivity index (χ4v) is 1.83. The van der Waals surface area contributed by atoms with Crippen LogP contribution in [0.2, 0.25) is 0 Å². The molecule has 0 spiro atoms. The van der Waals surface area contributed by atoms with E-state index in [0.29, 0.717) is 0 Å². The molecule has 8 heteroatoms. The highest BCUT2D eigenvalue weighted by atomic mass is 79.9. The van der Waals surface area contributed by atoms with Crippen molar-refractivity contribution in [1.29, 1.82) is 0 Å². The lowest BCUT2D eigenvalue weighted by Crippen LogP contribution is -2.09. The van der Waals surface area contributed by atoms with Crippen molar-refractivity contribution >= 4 is 39.2 Å². The summed E-state index contributed by atoms with van der Waals surface area (Å²) in [7, 11) is 0. The summed E-state index contributed by atoms with van der Waals surface area (Å²) >= 11 is 2.90. The molecule has 0 atom stereocenters. The first kappa shape index (κ1) is 13.1. The van der Waals surface area contributed by atoms with Crippen LogP contribution in [0.25, 0.3) is 0 Å². The summed E-state index contributed by atoms with van der Waals surface area (Å²) in [5.41, 5.74) is -0.868. The third kappa shape index (κ3) is 3.00. The number of halogens is 1. The molecule has 1 aromatic carbocycles. The van der Waals surface area contributed by atoms with Crippen LogP contribution < -0.4 is 5.32 Å². The molecular formula is C9H7BrN2O5. The highest BCUT2D eigenvalue weighted by Gasteiger charge is 2.24. The van der Waals surface area contributed by atoms with E-state index in [1.807, 2.05) is 0 Å². The Morgan fingerprint density at radius 1 is 1.47 bits per heavy atom. The molecule has 0 unspecified atom stereocenters. The van der Waals surface area contributed by atoms with Crippen molar-refractivity contribution in [2.24, 2.45) is 0 Å². The van der Waals surface area contributed by atoms with Gasteiger partial charge in [-0.3, -0.25) is 14.9 Å². The third-order valence-corrected chi connectivity index (χ3v) is 2.40. The van der Waals surface area contributed by atoms with Gasteiger partial charge in [0.1, 0.15) is 5.56 Å². The average Bonchev–Trinajstić information content (AvgIpc) is 2.14. The molecule has 7 nitrogen and oxygen atoms in total. The van der Waals surface area contributed by atoms with Gasteiger partial charge in [0.05, 0.1) is 9.40 Å². The van der Waals surface area contributed by atoms with Crippen LogP contribution in [0.15, 0.2) is 16.6 Å². The summed E-state index contributed by atoms with van der Waals surface area (Å²) < 4.78 is -0.00819. The Kier molecular flexibility index (Phi) is 3.79. The van der Waals surface area contributed by atoms with Crippen molar-refractivity contribution < 1.29 is 19.6 Å². The van der Waals surface area contributed by atoms with Crippen LogP contribution >= 0.6 is 15.9 Å². The van der Waals surface area contributed by atoms with Crippen LogP contribution in [0, 0.1) is 10.1 Å². The molecule has 17 heavy (non-hydrogen) atoms. The Balaban J connectivity index is 3.41. The molecular weight excluding hydrogens is 296 g/mol. The highest BCUT2D eigenvalue weighted by Crippen LogP contribution is 2.32. The van der Waals surface area contributed by atoms with Crippen LogP contribution in [0.5, 0.6) is 0 Å². The SMILES string of the molecule is CC(=O)Nc1cc(Br)c([N+](=O)[O-])c(C(=O)O)c1. The summed E-state index contributed by atoms with van der Waals surface area (Å²) in [4.78, 5) is 31.6. The number of amides is 1. The monoisotopic (exact) mass is 302 g/mol. The summed E-state index contributed by atoms with van der Waals surface area (Å²) in [6.07, 6.45) is 0. The maximum atomic E-state index is 10.9. The number of carboxylic acid groups (broad SMARTS) is 1. The van der Waals surface area contributed by atoms with Crippen LogP contribution in [0.1, 0.15) is 17.3 Å². The zero-order chi connectivity index (χ0) is 13.2. The lowest BCUT2D eigenvalue weighted by Gasteiger charge is -2.06. The summed E-state index contributed by atoms with van der Waals surface area (Å²) in [6, 6.07) is 2.30. The molecule has 0 aliphatic heterocycles. The third-order valence-electron chi connectivity index (χ3n) is 1.80. The molecule has 0 heterocycles. The van der Waals surface area contributed by atoms with Gasteiger partial charge in [-0.1, -0.05) is 0 Å². The van der Waals surface area contributed by atoms with E-state index in [-0.39, 0.29) is 10.2 Å². The summed E-state index contributed by atoms with van der Waals surface area (Å²) in [6.45, 7) is 1.25. The first-order chi connectivity index (χ1) is 7.82. The Hall–Kier alpha value is -1.96. The molecule has 0 saturated carbocycles. The highest BCUT2D eigenvalue weighted by molar-refractivity contribution is 9.10. The van der Waals surface area contributed by atoms with E-state index in [9.17, 15) is 19.7 Å². The van der Waals surface area contributed by atoms with Crippen LogP contribution in [-0.2, 0) is 4.79 Å². The van der Waals surface area contributed by atoms with Crippen molar-refractivity contribution in [1.82, 2.24) is 0 Å². The second-order valence-electron chi connectivity index (χ2n) is 3.10. The number of carboxylic acids is 1. The quantitative estimate of drug-likeness (QED) is 0.655. The number of carbonyl (C=O) groups is 2. The Labute approximate surface area is 104 Å². The first-order valence-corrected chi connectivity index (χ1v) is 5.11. The van der Waals surface area contributed by atoms with E-state index in [0.717, 1.165) is 6.07 Å². The number of hydrogen-bond acceptors (Lipinski definition) is 4. The largest absolute Gasteiger partial charge is 0.477 e. The van der Waals surface area contributed by atoms with Gasteiger partial charge in [0.2, 0.25) is 5.91 Å². The average molecular weight is 303 g/mol. The van der Waals surface area contributed by atoms with E-state index in [1.54, 1.807) is 0 Å². The van der Waals surface area contributed by atoms with E-state index in [2.05, 4.69) is 21.2 Å². The van der Waals surface area contributed by atoms with Crippen molar-refractivity contribution in [3.8, 4) is 0 Å². The Morgan fingerprint density at radius 2 is 2.06 bits per heavy atom. The minimum atomic E-state index is -1.44. The molecule has 0 saturated heterocycles. The zero-order valence-electron chi connectivity index (χ0n) is 8.56. The predicted octanol–water partition coefficient (Wildman–Crippen LogP) is 2.01. The number of anilines is 1. The van der Waals surface area contributed by atoms with E-state index < -0.39 is 28.1 Å². The standard InChI is InChI=1S/C9H7BrN2O5/c1-4(13)11-5-2-6(9(14)15)8(12(16)17)7(10)3-5/h2-3H,1H3,(H,11,13)(H,14,15). The predicted molar refractivity (Wildman–Crippen MR) is 62.1 cm³/mol.